The lowest BCUT2D eigenvalue weighted by atomic mass is 9.97. The molecule has 2 fully saturated rings. The van der Waals surface area contributed by atoms with E-state index in [0.29, 0.717) is 6.61 Å². The van der Waals surface area contributed by atoms with Gasteiger partial charge in [0.1, 0.15) is 6.23 Å². The van der Waals surface area contributed by atoms with Crippen molar-refractivity contribution in [1.29, 1.82) is 0 Å². The minimum atomic E-state index is 0.0868. The fourth-order valence-corrected chi connectivity index (χ4v) is 2.05. The molecule has 2 aliphatic rings. The summed E-state index contributed by atoms with van der Waals surface area (Å²) < 4.78 is 5.49. The van der Waals surface area contributed by atoms with E-state index in [0.717, 1.165) is 12.8 Å². The SMILES string of the molecule is C[C@@H]1COC2CC[C@H](C)C(=O)N21. The van der Waals surface area contributed by atoms with Crippen LogP contribution in [0.4, 0.5) is 0 Å². The molecule has 0 bridgehead atoms. The van der Waals surface area contributed by atoms with Crippen LogP contribution in [-0.4, -0.2) is 29.7 Å². The van der Waals surface area contributed by atoms with Crippen LogP contribution in [0.15, 0.2) is 0 Å². The molecule has 0 aromatic carbocycles. The van der Waals surface area contributed by atoms with Crippen molar-refractivity contribution in [3.05, 3.63) is 0 Å². The molecule has 0 aromatic heterocycles. The molecule has 68 valence electrons. The van der Waals surface area contributed by atoms with Crippen LogP contribution in [0, 0.1) is 5.92 Å². The van der Waals surface area contributed by atoms with Crippen LogP contribution in [0.2, 0.25) is 0 Å². The van der Waals surface area contributed by atoms with Crippen LogP contribution in [-0.2, 0) is 9.53 Å². The number of hydrogen-bond donors (Lipinski definition) is 0. The molecule has 3 nitrogen and oxygen atoms in total. The smallest absolute Gasteiger partial charge is 0.227 e. The minimum Gasteiger partial charge on any atom is -0.356 e. The number of piperidine rings is 1. The first-order valence-electron chi connectivity index (χ1n) is 4.64. The van der Waals surface area contributed by atoms with Gasteiger partial charge in [0, 0.05) is 5.92 Å². The molecule has 0 saturated carbocycles. The van der Waals surface area contributed by atoms with Crippen molar-refractivity contribution in [2.45, 2.75) is 39.0 Å². The molecule has 2 saturated heterocycles. The van der Waals surface area contributed by atoms with Gasteiger partial charge in [-0.05, 0) is 19.8 Å². The molecule has 0 aromatic rings. The van der Waals surface area contributed by atoms with Gasteiger partial charge in [-0.1, -0.05) is 6.92 Å². The van der Waals surface area contributed by atoms with E-state index in [4.69, 9.17) is 4.74 Å². The van der Waals surface area contributed by atoms with Crippen molar-refractivity contribution < 1.29 is 9.53 Å². The fraction of sp³-hybridized carbons (Fsp3) is 0.889. The zero-order chi connectivity index (χ0) is 8.72. The highest BCUT2D eigenvalue weighted by molar-refractivity contribution is 5.80. The summed E-state index contributed by atoms with van der Waals surface area (Å²) in [6.07, 6.45) is 2.08. The molecule has 1 unspecified atom stereocenters. The Morgan fingerprint density at radius 2 is 2.17 bits per heavy atom. The number of fused-ring (bicyclic) bond motifs is 1. The molecule has 12 heavy (non-hydrogen) atoms. The van der Waals surface area contributed by atoms with Crippen molar-refractivity contribution in [1.82, 2.24) is 4.90 Å². The first-order chi connectivity index (χ1) is 5.70. The summed E-state index contributed by atoms with van der Waals surface area (Å²) in [4.78, 5) is 13.6. The molecule has 3 atom stereocenters. The van der Waals surface area contributed by atoms with E-state index < -0.39 is 0 Å². The van der Waals surface area contributed by atoms with Crippen LogP contribution in [0.3, 0.4) is 0 Å². The molecule has 0 spiro atoms. The van der Waals surface area contributed by atoms with Crippen LogP contribution >= 0.6 is 0 Å². The molecule has 3 heteroatoms. The Hall–Kier alpha value is -0.570. The molecule has 2 heterocycles. The topological polar surface area (TPSA) is 29.5 Å². The summed E-state index contributed by atoms with van der Waals surface area (Å²) in [7, 11) is 0. The molecule has 0 N–H and O–H groups in total. The predicted octanol–water partition coefficient (Wildman–Crippen LogP) is 0.990. The average molecular weight is 169 g/mol. The van der Waals surface area contributed by atoms with Crippen LogP contribution in [0.25, 0.3) is 0 Å². The predicted molar refractivity (Wildman–Crippen MR) is 44.4 cm³/mol. The van der Waals surface area contributed by atoms with E-state index in [1.54, 1.807) is 0 Å². The highest BCUT2D eigenvalue weighted by Gasteiger charge is 2.40. The van der Waals surface area contributed by atoms with Gasteiger partial charge in [0.15, 0.2) is 0 Å². The number of hydrogen-bond acceptors (Lipinski definition) is 2. The Morgan fingerprint density at radius 1 is 1.42 bits per heavy atom. The zero-order valence-corrected chi connectivity index (χ0v) is 7.62. The Bertz CT molecular complexity index is 205. The number of carbonyl (C=O) groups excluding carboxylic acids is 1. The van der Waals surface area contributed by atoms with Gasteiger partial charge >= 0.3 is 0 Å². The molecule has 0 aliphatic carbocycles. The van der Waals surface area contributed by atoms with E-state index in [1.165, 1.54) is 0 Å². The minimum absolute atomic E-state index is 0.0868. The third-order valence-corrected chi connectivity index (χ3v) is 2.84. The quantitative estimate of drug-likeness (QED) is 0.541. The summed E-state index contributed by atoms with van der Waals surface area (Å²) in [6.45, 7) is 4.77. The van der Waals surface area contributed by atoms with Crippen molar-refractivity contribution in [3.63, 3.8) is 0 Å². The lowest BCUT2D eigenvalue weighted by Gasteiger charge is -2.33. The van der Waals surface area contributed by atoms with Gasteiger partial charge < -0.3 is 9.64 Å². The second kappa shape index (κ2) is 2.73. The fourth-order valence-electron chi connectivity index (χ4n) is 2.05. The van der Waals surface area contributed by atoms with Gasteiger partial charge in [0.25, 0.3) is 0 Å². The van der Waals surface area contributed by atoms with Gasteiger partial charge in [-0.25, -0.2) is 0 Å². The normalized spacial score (nSPS) is 41.7. The maximum absolute atomic E-state index is 11.7. The van der Waals surface area contributed by atoms with Crippen molar-refractivity contribution in [3.8, 4) is 0 Å². The standard InChI is InChI=1S/C9H15NO2/c1-6-3-4-8-10(9(6)11)7(2)5-12-8/h6-8H,3-5H2,1-2H3/t6-,7+,8?/m0/s1. The zero-order valence-electron chi connectivity index (χ0n) is 7.62. The number of nitrogens with zero attached hydrogens (tertiary/aromatic N) is 1. The van der Waals surface area contributed by atoms with Crippen LogP contribution in [0.1, 0.15) is 26.7 Å². The Labute approximate surface area is 72.7 Å². The third kappa shape index (κ3) is 1.04. The molecular weight excluding hydrogens is 154 g/mol. The van der Waals surface area contributed by atoms with Crippen LogP contribution < -0.4 is 0 Å². The van der Waals surface area contributed by atoms with Crippen molar-refractivity contribution in [2.75, 3.05) is 6.61 Å². The Morgan fingerprint density at radius 3 is 2.92 bits per heavy atom. The highest BCUT2D eigenvalue weighted by Crippen LogP contribution is 2.29. The molecular formula is C9H15NO2. The molecule has 0 radical (unpaired) electrons. The summed E-state index contributed by atoms with van der Waals surface area (Å²) in [5.74, 6) is 0.474. The van der Waals surface area contributed by atoms with Gasteiger partial charge in [0.05, 0.1) is 12.6 Å². The Kier molecular flexibility index (Phi) is 1.83. The monoisotopic (exact) mass is 169 g/mol. The Balaban J connectivity index is 2.17. The first-order valence-corrected chi connectivity index (χ1v) is 4.64. The van der Waals surface area contributed by atoms with E-state index >= 15 is 0 Å². The van der Waals surface area contributed by atoms with E-state index in [2.05, 4.69) is 6.92 Å². The van der Waals surface area contributed by atoms with E-state index in [9.17, 15) is 4.79 Å². The summed E-state index contributed by atoms with van der Waals surface area (Å²) in [5.41, 5.74) is 0. The van der Waals surface area contributed by atoms with Crippen molar-refractivity contribution >= 4 is 5.91 Å². The number of ether oxygens (including phenoxy) is 1. The first kappa shape index (κ1) is 8.05. The number of rotatable bonds is 0. The summed E-state index contributed by atoms with van der Waals surface area (Å²) in [5, 5.41) is 0. The van der Waals surface area contributed by atoms with E-state index in [-0.39, 0.29) is 24.1 Å². The third-order valence-electron chi connectivity index (χ3n) is 2.84. The van der Waals surface area contributed by atoms with Gasteiger partial charge in [-0.2, -0.15) is 0 Å². The largest absolute Gasteiger partial charge is 0.356 e. The molecule has 1 amide bonds. The van der Waals surface area contributed by atoms with Crippen molar-refractivity contribution in [2.24, 2.45) is 5.92 Å². The summed E-state index contributed by atoms with van der Waals surface area (Å²) in [6, 6.07) is 0.283. The van der Waals surface area contributed by atoms with Gasteiger partial charge in [-0.3, -0.25) is 4.79 Å². The summed E-state index contributed by atoms with van der Waals surface area (Å²) >= 11 is 0. The highest BCUT2D eigenvalue weighted by atomic mass is 16.5. The second-order valence-corrected chi connectivity index (χ2v) is 3.86. The number of amides is 1. The lowest BCUT2D eigenvalue weighted by Crippen LogP contribution is -2.47. The van der Waals surface area contributed by atoms with Crippen LogP contribution in [0.5, 0.6) is 0 Å². The lowest BCUT2D eigenvalue weighted by molar-refractivity contribution is -0.146. The maximum atomic E-state index is 11.7. The average Bonchev–Trinajstić information content (AvgIpc) is 2.41. The second-order valence-electron chi connectivity index (χ2n) is 3.86. The van der Waals surface area contributed by atoms with E-state index in [1.807, 2.05) is 11.8 Å². The number of carbonyl (C=O) groups is 1. The van der Waals surface area contributed by atoms with Gasteiger partial charge in [0.2, 0.25) is 5.91 Å². The molecule has 2 aliphatic heterocycles. The maximum Gasteiger partial charge on any atom is 0.227 e. The van der Waals surface area contributed by atoms with Gasteiger partial charge in [-0.15, -0.1) is 0 Å². The molecule has 2 rings (SSSR count).